The van der Waals surface area contributed by atoms with Gasteiger partial charge in [0.05, 0.1) is 12.0 Å². The lowest BCUT2D eigenvalue weighted by Gasteiger charge is -2.31. The summed E-state index contributed by atoms with van der Waals surface area (Å²) in [7, 11) is -1.98. The summed E-state index contributed by atoms with van der Waals surface area (Å²) in [5, 5.41) is 0. The van der Waals surface area contributed by atoms with Crippen molar-refractivity contribution in [1.29, 1.82) is 0 Å². The molecule has 0 radical (unpaired) electrons. The average Bonchev–Trinajstić information content (AvgIpc) is 2.96. The van der Waals surface area contributed by atoms with Gasteiger partial charge in [-0.15, -0.1) is 0 Å². The quantitative estimate of drug-likeness (QED) is 0.625. The summed E-state index contributed by atoms with van der Waals surface area (Å²) in [6, 6.07) is 18.8. The largest absolute Gasteiger partial charge is 0.493 e. The van der Waals surface area contributed by atoms with Crippen molar-refractivity contribution >= 4 is 10.0 Å². The molecule has 3 aromatic rings. The van der Waals surface area contributed by atoms with Crippen LogP contribution >= 0.6 is 0 Å². The Morgan fingerprint density at radius 2 is 1.80 bits per heavy atom. The molecule has 1 unspecified atom stereocenters. The number of sulfonamides is 1. The zero-order valence-corrected chi connectivity index (χ0v) is 17.8. The first-order valence-electron chi connectivity index (χ1n) is 10.0. The van der Waals surface area contributed by atoms with Gasteiger partial charge in [-0.05, 0) is 43.2 Å². The molecule has 5 rings (SSSR count). The number of fused-ring (bicyclic) bond motifs is 2. The summed E-state index contributed by atoms with van der Waals surface area (Å²) in [5.74, 6) is 2.01. The zero-order chi connectivity index (χ0) is 20.9. The Morgan fingerprint density at radius 1 is 1.03 bits per heavy atom. The molecule has 0 aromatic heterocycles. The maximum atomic E-state index is 13.5. The topological polar surface area (TPSA) is 55.8 Å². The molecule has 154 valence electrons. The third-order valence-corrected chi connectivity index (χ3v) is 7.88. The molecular formula is C24H23NO4S. The lowest BCUT2D eigenvalue weighted by molar-refractivity contribution is 0.359. The van der Waals surface area contributed by atoms with E-state index < -0.39 is 10.0 Å². The van der Waals surface area contributed by atoms with Crippen LogP contribution < -0.4 is 9.47 Å². The maximum absolute atomic E-state index is 13.5. The van der Waals surface area contributed by atoms with Crippen molar-refractivity contribution in [2.45, 2.75) is 24.2 Å². The molecule has 30 heavy (non-hydrogen) atoms. The Labute approximate surface area is 176 Å². The smallest absolute Gasteiger partial charge is 0.243 e. The summed E-state index contributed by atoms with van der Waals surface area (Å²) in [4.78, 5) is 0.331. The van der Waals surface area contributed by atoms with Crippen LogP contribution in [0.15, 0.2) is 65.6 Å². The molecular weight excluding hydrogens is 398 g/mol. The van der Waals surface area contributed by atoms with Crippen LogP contribution in [0.1, 0.15) is 28.2 Å². The predicted molar refractivity (Wildman–Crippen MR) is 115 cm³/mol. The molecule has 6 heteroatoms. The van der Waals surface area contributed by atoms with E-state index in [2.05, 4.69) is 0 Å². The number of nitrogens with zero attached hydrogens (tertiary/aromatic N) is 1. The molecule has 5 nitrogen and oxygen atoms in total. The lowest BCUT2D eigenvalue weighted by Crippen LogP contribution is -2.35. The van der Waals surface area contributed by atoms with Gasteiger partial charge in [0.2, 0.25) is 10.0 Å². The minimum Gasteiger partial charge on any atom is -0.493 e. The molecule has 0 amide bonds. The molecule has 0 bridgehead atoms. The molecule has 0 fully saturated rings. The lowest BCUT2D eigenvalue weighted by atomic mass is 9.85. The van der Waals surface area contributed by atoms with Crippen molar-refractivity contribution in [3.05, 3.63) is 82.9 Å². The van der Waals surface area contributed by atoms with Crippen LogP contribution in [-0.2, 0) is 16.4 Å². The average molecular weight is 422 g/mol. The van der Waals surface area contributed by atoms with Gasteiger partial charge in [0.25, 0.3) is 0 Å². The van der Waals surface area contributed by atoms with Crippen LogP contribution in [0, 0.1) is 6.92 Å². The van der Waals surface area contributed by atoms with Crippen LogP contribution in [0.3, 0.4) is 0 Å². The molecule has 2 heterocycles. The molecule has 0 spiro atoms. The summed E-state index contributed by atoms with van der Waals surface area (Å²) in [6.07, 6.45) is 0.624. The van der Waals surface area contributed by atoms with Crippen LogP contribution in [-0.4, -0.2) is 32.9 Å². The molecule has 3 aromatic carbocycles. The third-order valence-electron chi connectivity index (χ3n) is 6.00. The normalized spacial score (nSPS) is 18.0. The van der Waals surface area contributed by atoms with Crippen molar-refractivity contribution in [1.82, 2.24) is 4.31 Å². The van der Waals surface area contributed by atoms with Gasteiger partial charge in [-0.25, -0.2) is 8.42 Å². The first kappa shape index (κ1) is 19.2. The Kier molecular flexibility index (Phi) is 4.56. The van der Waals surface area contributed by atoms with Crippen LogP contribution in [0.4, 0.5) is 0 Å². The number of hydrogen-bond donors (Lipinski definition) is 0. The van der Waals surface area contributed by atoms with E-state index in [0.29, 0.717) is 35.9 Å². The first-order chi connectivity index (χ1) is 14.5. The van der Waals surface area contributed by atoms with Crippen LogP contribution in [0.25, 0.3) is 0 Å². The van der Waals surface area contributed by atoms with Gasteiger partial charge in [0.15, 0.2) is 11.5 Å². The van der Waals surface area contributed by atoms with Gasteiger partial charge < -0.3 is 9.47 Å². The number of methoxy groups -OCH3 is 1. The zero-order valence-electron chi connectivity index (χ0n) is 17.0. The van der Waals surface area contributed by atoms with Crippen molar-refractivity contribution in [3.63, 3.8) is 0 Å². The second-order valence-corrected chi connectivity index (χ2v) is 9.73. The summed E-state index contributed by atoms with van der Waals surface area (Å²) < 4.78 is 40.3. The van der Waals surface area contributed by atoms with Crippen molar-refractivity contribution in [2.75, 3.05) is 20.2 Å². The number of aryl methyl sites for hydroxylation is 1. The van der Waals surface area contributed by atoms with Crippen molar-refractivity contribution in [3.8, 4) is 17.2 Å². The second-order valence-electron chi connectivity index (χ2n) is 7.79. The molecule has 2 aliphatic heterocycles. The monoisotopic (exact) mass is 421 g/mol. The molecule has 0 N–H and O–H groups in total. The first-order valence-corrected chi connectivity index (χ1v) is 11.5. The highest BCUT2D eigenvalue weighted by Gasteiger charge is 2.38. The number of benzene rings is 3. The van der Waals surface area contributed by atoms with Crippen LogP contribution in [0.2, 0.25) is 0 Å². The fourth-order valence-electron chi connectivity index (χ4n) is 4.42. The minimum atomic E-state index is -3.61. The Morgan fingerprint density at radius 3 is 2.57 bits per heavy atom. The summed E-state index contributed by atoms with van der Waals surface area (Å²) >= 11 is 0. The number of para-hydroxylation sites is 1. The fraction of sp³-hybridized carbons (Fsp3) is 0.250. The number of hydrogen-bond acceptors (Lipinski definition) is 4. The van der Waals surface area contributed by atoms with E-state index >= 15 is 0 Å². The van der Waals surface area contributed by atoms with Crippen molar-refractivity contribution < 1.29 is 17.9 Å². The SMILES string of the molecule is COc1ccc2c3c1Oc1ccccc1C3CN(S(=O)(=O)c1ccc(C)cc1)CC2. The molecule has 1 atom stereocenters. The molecule has 2 aliphatic rings. The van der Waals surface area contributed by atoms with E-state index in [4.69, 9.17) is 9.47 Å². The van der Waals surface area contributed by atoms with Gasteiger partial charge in [-0.1, -0.05) is 42.0 Å². The minimum absolute atomic E-state index is 0.113. The molecule has 0 aliphatic carbocycles. The Hall–Kier alpha value is -2.83. The maximum Gasteiger partial charge on any atom is 0.243 e. The van der Waals surface area contributed by atoms with E-state index in [1.54, 1.807) is 23.5 Å². The Bertz CT molecular complexity index is 1220. The fourth-order valence-corrected chi connectivity index (χ4v) is 5.88. The van der Waals surface area contributed by atoms with E-state index in [0.717, 1.165) is 28.0 Å². The number of ether oxygens (including phenoxy) is 2. The summed E-state index contributed by atoms with van der Waals surface area (Å²) in [6.45, 7) is 2.74. The second kappa shape index (κ2) is 7.15. The summed E-state index contributed by atoms with van der Waals surface area (Å²) in [5.41, 5.74) is 4.18. The van der Waals surface area contributed by atoms with Crippen molar-refractivity contribution in [2.24, 2.45) is 0 Å². The van der Waals surface area contributed by atoms with Gasteiger partial charge in [-0.3, -0.25) is 0 Å². The van der Waals surface area contributed by atoms with E-state index in [9.17, 15) is 8.42 Å². The van der Waals surface area contributed by atoms with Crippen LogP contribution in [0.5, 0.6) is 17.2 Å². The number of rotatable bonds is 3. The van der Waals surface area contributed by atoms with Gasteiger partial charge in [0.1, 0.15) is 5.75 Å². The van der Waals surface area contributed by atoms with E-state index in [1.807, 2.05) is 55.5 Å². The highest BCUT2D eigenvalue weighted by Crippen LogP contribution is 2.51. The standard InChI is InChI=1S/C24H23NO4S/c1-16-7-10-18(11-8-16)30(26,27)25-14-13-17-9-12-22(28-2)24-23(17)20(15-25)19-5-3-4-6-21(19)29-24/h3-12,20H,13-15H2,1-2H3. The van der Waals surface area contributed by atoms with Gasteiger partial charge >= 0.3 is 0 Å². The molecule has 0 saturated heterocycles. The van der Waals surface area contributed by atoms with Gasteiger partial charge in [-0.2, -0.15) is 4.31 Å². The highest BCUT2D eigenvalue weighted by atomic mass is 32.2. The Balaban J connectivity index is 1.63. The molecule has 0 saturated carbocycles. The highest BCUT2D eigenvalue weighted by molar-refractivity contribution is 7.89. The van der Waals surface area contributed by atoms with E-state index in [1.165, 1.54) is 0 Å². The van der Waals surface area contributed by atoms with Gasteiger partial charge in [0, 0.05) is 30.1 Å². The van der Waals surface area contributed by atoms with E-state index in [-0.39, 0.29) is 5.92 Å². The predicted octanol–water partition coefficient (Wildman–Crippen LogP) is 4.49. The third kappa shape index (κ3) is 2.99.